The normalized spacial score (nSPS) is 18.1. The smallest absolute Gasteiger partial charge is 0.262 e. The van der Waals surface area contributed by atoms with Gasteiger partial charge in [-0.2, -0.15) is 0 Å². The van der Waals surface area contributed by atoms with Crippen LogP contribution in [0.3, 0.4) is 0 Å². The fourth-order valence-corrected chi connectivity index (χ4v) is 4.49. The number of carbonyl (C=O) groups is 1. The van der Waals surface area contributed by atoms with Crippen molar-refractivity contribution in [3.8, 4) is 11.5 Å². The van der Waals surface area contributed by atoms with Crippen LogP contribution in [0.15, 0.2) is 47.4 Å². The zero-order valence-electron chi connectivity index (χ0n) is 16.4. The van der Waals surface area contributed by atoms with Crippen molar-refractivity contribution < 1.29 is 27.4 Å². The molecule has 9 heteroatoms. The third-order valence-corrected chi connectivity index (χ3v) is 6.34. The number of hydrogen-bond donors (Lipinski definition) is 2. The molecule has 0 bridgehead atoms. The Balaban J connectivity index is 1.35. The molecule has 2 aromatic rings. The fraction of sp³-hybridized carbons (Fsp3) is 0.381. The zero-order chi connectivity index (χ0) is 21.0. The molecule has 160 valence electrons. The van der Waals surface area contributed by atoms with Crippen LogP contribution in [0.1, 0.15) is 25.7 Å². The summed E-state index contributed by atoms with van der Waals surface area (Å²) in [5.41, 5.74) is 0.997. The predicted octanol–water partition coefficient (Wildman–Crippen LogP) is 3.16. The predicted molar refractivity (Wildman–Crippen MR) is 112 cm³/mol. The van der Waals surface area contributed by atoms with E-state index in [1.807, 2.05) is 0 Å². The summed E-state index contributed by atoms with van der Waals surface area (Å²) in [6.07, 6.45) is 3.33. The molecule has 1 fully saturated rings. The second kappa shape index (κ2) is 8.93. The van der Waals surface area contributed by atoms with E-state index in [2.05, 4.69) is 10.0 Å². The Morgan fingerprint density at radius 3 is 2.43 bits per heavy atom. The highest BCUT2D eigenvalue weighted by Gasteiger charge is 2.20. The highest BCUT2D eigenvalue weighted by Crippen LogP contribution is 2.32. The largest absolute Gasteiger partial charge is 0.486 e. The van der Waals surface area contributed by atoms with Crippen LogP contribution in [0, 0.1) is 0 Å². The molecule has 1 atom stereocenters. The van der Waals surface area contributed by atoms with Gasteiger partial charge in [0.1, 0.15) is 13.2 Å². The lowest BCUT2D eigenvalue weighted by Gasteiger charge is -2.19. The summed E-state index contributed by atoms with van der Waals surface area (Å²) >= 11 is 0. The van der Waals surface area contributed by atoms with Gasteiger partial charge in [-0.3, -0.25) is 9.52 Å². The van der Waals surface area contributed by atoms with Gasteiger partial charge in [0.25, 0.3) is 10.0 Å². The van der Waals surface area contributed by atoms with Gasteiger partial charge in [-0.25, -0.2) is 8.42 Å². The maximum absolute atomic E-state index is 12.7. The molecular formula is C21H24N2O6S. The Bertz CT molecular complexity index is 1000. The Kier molecular flexibility index (Phi) is 6.10. The van der Waals surface area contributed by atoms with E-state index in [0.29, 0.717) is 48.9 Å². The first-order valence-corrected chi connectivity index (χ1v) is 11.4. The van der Waals surface area contributed by atoms with Crippen molar-refractivity contribution in [1.29, 1.82) is 0 Å². The van der Waals surface area contributed by atoms with E-state index in [0.717, 1.165) is 19.4 Å². The first-order chi connectivity index (χ1) is 14.5. The van der Waals surface area contributed by atoms with E-state index in [1.165, 1.54) is 12.1 Å². The van der Waals surface area contributed by atoms with Gasteiger partial charge < -0.3 is 19.5 Å². The van der Waals surface area contributed by atoms with E-state index in [9.17, 15) is 13.2 Å². The van der Waals surface area contributed by atoms with Crippen molar-refractivity contribution in [2.75, 3.05) is 29.9 Å². The van der Waals surface area contributed by atoms with Gasteiger partial charge in [-0.05, 0) is 55.7 Å². The molecule has 2 aromatic carbocycles. The van der Waals surface area contributed by atoms with Gasteiger partial charge in [0.2, 0.25) is 5.91 Å². The molecule has 0 saturated carbocycles. The molecule has 0 spiro atoms. The molecule has 4 rings (SSSR count). The molecule has 30 heavy (non-hydrogen) atoms. The monoisotopic (exact) mass is 432 g/mol. The maximum Gasteiger partial charge on any atom is 0.262 e. The molecule has 0 aromatic heterocycles. The zero-order valence-corrected chi connectivity index (χ0v) is 17.2. The Hall–Kier alpha value is -2.78. The van der Waals surface area contributed by atoms with Gasteiger partial charge in [-0.1, -0.05) is 0 Å². The lowest BCUT2D eigenvalue weighted by molar-refractivity contribution is -0.116. The molecule has 2 heterocycles. The molecule has 2 aliphatic rings. The van der Waals surface area contributed by atoms with Crippen LogP contribution in [0.25, 0.3) is 0 Å². The second-order valence-electron chi connectivity index (χ2n) is 7.21. The van der Waals surface area contributed by atoms with Crippen LogP contribution in [0.2, 0.25) is 0 Å². The number of rotatable bonds is 7. The van der Waals surface area contributed by atoms with Crippen LogP contribution in [0.4, 0.5) is 11.4 Å². The minimum Gasteiger partial charge on any atom is -0.486 e. The lowest BCUT2D eigenvalue weighted by atomic mass is 10.1. The third kappa shape index (κ3) is 5.03. The van der Waals surface area contributed by atoms with E-state index < -0.39 is 10.0 Å². The van der Waals surface area contributed by atoms with Crippen molar-refractivity contribution in [1.82, 2.24) is 0 Å². The summed E-state index contributed by atoms with van der Waals surface area (Å²) in [6, 6.07) is 11.0. The molecule has 8 nitrogen and oxygen atoms in total. The Morgan fingerprint density at radius 2 is 1.70 bits per heavy atom. The minimum absolute atomic E-state index is 0.0817. The van der Waals surface area contributed by atoms with Gasteiger partial charge >= 0.3 is 0 Å². The first-order valence-electron chi connectivity index (χ1n) is 9.94. The average Bonchev–Trinajstić information content (AvgIpc) is 3.27. The highest BCUT2D eigenvalue weighted by atomic mass is 32.2. The number of nitrogens with one attached hydrogen (secondary N) is 2. The molecule has 0 radical (unpaired) electrons. The lowest BCUT2D eigenvalue weighted by Crippen LogP contribution is -2.17. The van der Waals surface area contributed by atoms with Crippen molar-refractivity contribution in [2.45, 2.75) is 36.7 Å². The van der Waals surface area contributed by atoms with Crippen LogP contribution in [-0.2, 0) is 19.6 Å². The summed E-state index contributed by atoms with van der Waals surface area (Å²) in [5, 5.41) is 2.82. The number of carbonyl (C=O) groups excluding carboxylic acids is 1. The Morgan fingerprint density at radius 1 is 0.967 bits per heavy atom. The van der Waals surface area contributed by atoms with Gasteiger partial charge in [0, 0.05) is 30.5 Å². The number of ether oxygens (including phenoxy) is 3. The highest BCUT2D eigenvalue weighted by molar-refractivity contribution is 7.92. The van der Waals surface area contributed by atoms with Crippen molar-refractivity contribution in [2.24, 2.45) is 0 Å². The number of amides is 1. The topological polar surface area (TPSA) is 103 Å². The summed E-state index contributed by atoms with van der Waals surface area (Å²) in [6.45, 7) is 1.59. The van der Waals surface area contributed by atoms with Crippen LogP contribution in [0.5, 0.6) is 11.5 Å². The van der Waals surface area contributed by atoms with Gasteiger partial charge in [0.05, 0.1) is 11.0 Å². The molecule has 1 unspecified atom stereocenters. The van der Waals surface area contributed by atoms with Crippen LogP contribution < -0.4 is 19.5 Å². The van der Waals surface area contributed by atoms with E-state index in [1.54, 1.807) is 30.3 Å². The SMILES string of the molecule is O=C(CCC1CCCO1)Nc1ccc(NS(=O)(=O)c2ccc3c(c2)OCCO3)cc1. The van der Waals surface area contributed by atoms with Crippen LogP contribution in [-0.4, -0.2) is 40.2 Å². The quantitative estimate of drug-likeness (QED) is 0.697. The fourth-order valence-electron chi connectivity index (χ4n) is 3.41. The van der Waals surface area contributed by atoms with Crippen LogP contribution >= 0.6 is 0 Å². The van der Waals surface area contributed by atoms with Crippen molar-refractivity contribution in [3.05, 3.63) is 42.5 Å². The standard InChI is InChI=1S/C21H24N2O6S/c24-21(10-7-17-2-1-11-27-17)22-15-3-5-16(6-4-15)23-30(25,26)18-8-9-19-20(14-18)29-13-12-28-19/h3-6,8-9,14,17,23H,1-2,7,10-13H2,(H,22,24). The second-order valence-corrected chi connectivity index (χ2v) is 8.89. The van der Waals surface area contributed by atoms with E-state index >= 15 is 0 Å². The average molecular weight is 432 g/mol. The molecule has 2 aliphatic heterocycles. The molecule has 1 amide bonds. The third-order valence-electron chi connectivity index (χ3n) is 4.96. The van der Waals surface area contributed by atoms with Crippen molar-refractivity contribution >= 4 is 27.3 Å². The number of sulfonamides is 1. The number of benzene rings is 2. The van der Waals surface area contributed by atoms with Crippen molar-refractivity contribution in [3.63, 3.8) is 0 Å². The first kappa shape index (κ1) is 20.5. The minimum atomic E-state index is -3.79. The summed E-state index contributed by atoms with van der Waals surface area (Å²) < 4.78 is 44.3. The molecule has 0 aliphatic carbocycles. The van der Waals surface area contributed by atoms with Gasteiger partial charge in [0.15, 0.2) is 11.5 Å². The molecular weight excluding hydrogens is 408 g/mol. The van der Waals surface area contributed by atoms with E-state index in [4.69, 9.17) is 14.2 Å². The summed E-state index contributed by atoms with van der Waals surface area (Å²) in [4.78, 5) is 12.2. The molecule has 1 saturated heterocycles. The number of anilines is 2. The summed E-state index contributed by atoms with van der Waals surface area (Å²) in [7, 11) is -3.79. The number of hydrogen-bond acceptors (Lipinski definition) is 6. The maximum atomic E-state index is 12.7. The van der Waals surface area contributed by atoms with E-state index in [-0.39, 0.29) is 16.9 Å². The van der Waals surface area contributed by atoms with Gasteiger partial charge in [-0.15, -0.1) is 0 Å². The molecule has 2 N–H and O–H groups in total. The summed E-state index contributed by atoms with van der Waals surface area (Å²) in [5.74, 6) is 0.847. The Labute approximate surface area is 175 Å². The number of fused-ring (bicyclic) bond motifs is 1.